The number of hydrogen-bond acceptors (Lipinski definition) is 4. The van der Waals surface area contributed by atoms with Gasteiger partial charge in [-0.05, 0) is 36.9 Å². The lowest BCUT2D eigenvalue weighted by Crippen LogP contribution is -2.53. The first-order chi connectivity index (χ1) is 14.9. The van der Waals surface area contributed by atoms with E-state index in [0.29, 0.717) is 32.7 Å². The molecule has 1 heterocycles. The standard InChI is InChI=1S/C22H26F2N4O3/c1-26(15-17-7-9-19(10-8-17)31-21(23)24)16-20(29)27-11-13-28(14-12-27)22(30)25-18-5-3-2-4-6-18/h2-10,21H,11-16H2,1H3,(H,25,30). The average molecular weight is 432 g/mol. The molecule has 0 aromatic heterocycles. The molecule has 0 atom stereocenters. The SMILES string of the molecule is CN(CC(=O)N1CCN(C(=O)Nc2ccccc2)CC1)Cc1ccc(OC(F)F)cc1. The van der Waals surface area contributed by atoms with E-state index in [1.54, 1.807) is 21.9 Å². The van der Waals surface area contributed by atoms with E-state index in [1.165, 1.54) is 12.1 Å². The molecule has 1 N–H and O–H groups in total. The van der Waals surface area contributed by atoms with Gasteiger partial charge in [-0.1, -0.05) is 30.3 Å². The number of piperazine rings is 1. The second-order valence-electron chi connectivity index (χ2n) is 7.36. The Morgan fingerprint density at radius 2 is 1.61 bits per heavy atom. The van der Waals surface area contributed by atoms with Crippen LogP contribution in [0, 0.1) is 0 Å². The summed E-state index contributed by atoms with van der Waals surface area (Å²) in [6.45, 7) is -0.218. The minimum absolute atomic E-state index is 0.0109. The van der Waals surface area contributed by atoms with Crippen LogP contribution in [-0.4, -0.2) is 73.0 Å². The number of ether oxygens (including phenoxy) is 1. The molecule has 0 radical (unpaired) electrons. The second kappa shape index (κ2) is 10.7. The van der Waals surface area contributed by atoms with Crippen molar-refractivity contribution in [1.29, 1.82) is 0 Å². The average Bonchev–Trinajstić information content (AvgIpc) is 2.75. The molecule has 9 heteroatoms. The number of amides is 3. The van der Waals surface area contributed by atoms with E-state index in [0.717, 1.165) is 11.3 Å². The van der Waals surface area contributed by atoms with E-state index in [4.69, 9.17) is 0 Å². The normalized spacial score (nSPS) is 14.1. The third-order valence-electron chi connectivity index (χ3n) is 4.95. The lowest BCUT2D eigenvalue weighted by atomic mass is 10.2. The fourth-order valence-electron chi connectivity index (χ4n) is 3.36. The lowest BCUT2D eigenvalue weighted by Gasteiger charge is -2.35. The quantitative estimate of drug-likeness (QED) is 0.730. The Bertz CT molecular complexity index is 857. The molecular weight excluding hydrogens is 406 g/mol. The molecule has 2 aromatic rings. The summed E-state index contributed by atoms with van der Waals surface area (Å²) in [6.07, 6.45) is 0. The van der Waals surface area contributed by atoms with Crippen LogP contribution in [0.4, 0.5) is 19.3 Å². The zero-order valence-corrected chi connectivity index (χ0v) is 17.3. The maximum atomic E-state index is 12.6. The van der Waals surface area contributed by atoms with Gasteiger partial charge in [0, 0.05) is 38.4 Å². The van der Waals surface area contributed by atoms with Crippen LogP contribution in [0.25, 0.3) is 0 Å². The smallest absolute Gasteiger partial charge is 0.387 e. The van der Waals surface area contributed by atoms with Crippen molar-refractivity contribution < 1.29 is 23.1 Å². The van der Waals surface area contributed by atoms with E-state index >= 15 is 0 Å². The number of para-hydroxylation sites is 1. The van der Waals surface area contributed by atoms with Crippen molar-refractivity contribution in [3.05, 3.63) is 60.2 Å². The highest BCUT2D eigenvalue weighted by atomic mass is 19.3. The summed E-state index contributed by atoms with van der Waals surface area (Å²) in [5.74, 6) is 0.0925. The molecule has 0 unspecified atom stereocenters. The van der Waals surface area contributed by atoms with Gasteiger partial charge in [0.25, 0.3) is 0 Å². The maximum absolute atomic E-state index is 12.6. The number of nitrogens with zero attached hydrogens (tertiary/aromatic N) is 3. The van der Waals surface area contributed by atoms with Crippen LogP contribution in [0.5, 0.6) is 5.75 Å². The number of alkyl halides is 2. The number of carbonyl (C=O) groups excluding carboxylic acids is 2. The van der Waals surface area contributed by atoms with Crippen molar-refractivity contribution in [2.24, 2.45) is 0 Å². The fourth-order valence-corrected chi connectivity index (χ4v) is 3.36. The lowest BCUT2D eigenvalue weighted by molar-refractivity contribution is -0.133. The number of benzene rings is 2. The summed E-state index contributed by atoms with van der Waals surface area (Å²) in [6, 6.07) is 15.4. The molecule has 0 saturated carbocycles. The third kappa shape index (κ3) is 6.92. The van der Waals surface area contributed by atoms with Gasteiger partial charge in [0.2, 0.25) is 5.91 Å². The van der Waals surface area contributed by atoms with Gasteiger partial charge in [0.05, 0.1) is 6.54 Å². The van der Waals surface area contributed by atoms with Crippen LogP contribution in [0.15, 0.2) is 54.6 Å². The van der Waals surface area contributed by atoms with Crippen LogP contribution < -0.4 is 10.1 Å². The first kappa shape index (κ1) is 22.5. The Labute approximate surface area is 180 Å². The largest absolute Gasteiger partial charge is 0.435 e. The van der Waals surface area contributed by atoms with E-state index in [-0.39, 0.29) is 24.2 Å². The van der Waals surface area contributed by atoms with Gasteiger partial charge < -0.3 is 19.9 Å². The Balaban J connectivity index is 1.41. The van der Waals surface area contributed by atoms with Crippen molar-refractivity contribution in [2.45, 2.75) is 13.2 Å². The van der Waals surface area contributed by atoms with Gasteiger partial charge >= 0.3 is 12.6 Å². The molecule has 1 aliphatic rings. The number of rotatable bonds is 7. The Morgan fingerprint density at radius 1 is 1.00 bits per heavy atom. The predicted molar refractivity (Wildman–Crippen MR) is 113 cm³/mol. The molecule has 2 aromatic carbocycles. The zero-order chi connectivity index (χ0) is 22.2. The summed E-state index contributed by atoms with van der Waals surface area (Å²) in [4.78, 5) is 30.3. The number of carbonyl (C=O) groups is 2. The highest BCUT2D eigenvalue weighted by Gasteiger charge is 2.24. The molecule has 1 saturated heterocycles. The summed E-state index contributed by atoms with van der Waals surface area (Å²) >= 11 is 0. The third-order valence-corrected chi connectivity index (χ3v) is 4.95. The number of urea groups is 1. The molecule has 3 rings (SSSR count). The highest BCUT2D eigenvalue weighted by molar-refractivity contribution is 5.89. The van der Waals surface area contributed by atoms with E-state index < -0.39 is 6.61 Å². The van der Waals surface area contributed by atoms with Crippen LogP contribution in [-0.2, 0) is 11.3 Å². The fraction of sp³-hybridized carbons (Fsp3) is 0.364. The summed E-state index contributed by atoms with van der Waals surface area (Å²) in [5.41, 5.74) is 1.63. The van der Waals surface area contributed by atoms with Crippen molar-refractivity contribution in [3.8, 4) is 5.75 Å². The zero-order valence-electron chi connectivity index (χ0n) is 17.3. The van der Waals surface area contributed by atoms with Gasteiger partial charge in [-0.2, -0.15) is 8.78 Å². The molecule has 31 heavy (non-hydrogen) atoms. The van der Waals surface area contributed by atoms with Crippen molar-refractivity contribution >= 4 is 17.6 Å². The topological polar surface area (TPSA) is 65.1 Å². The Morgan fingerprint density at radius 3 is 2.23 bits per heavy atom. The Kier molecular flexibility index (Phi) is 7.77. The molecule has 1 aliphatic heterocycles. The summed E-state index contributed by atoms with van der Waals surface area (Å²) < 4.78 is 28.8. The number of nitrogens with one attached hydrogen (secondary N) is 1. The maximum Gasteiger partial charge on any atom is 0.387 e. The number of halogens is 2. The van der Waals surface area contributed by atoms with Gasteiger partial charge in [-0.15, -0.1) is 0 Å². The monoisotopic (exact) mass is 432 g/mol. The molecule has 1 fully saturated rings. The number of likely N-dealkylation sites (N-methyl/N-ethyl adjacent to an activating group) is 1. The molecule has 0 spiro atoms. The van der Waals surface area contributed by atoms with Crippen LogP contribution in [0.1, 0.15) is 5.56 Å². The predicted octanol–water partition coefficient (Wildman–Crippen LogP) is 3.10. The van der Waals surface area contributed by atoms with Gasteiger partial charge in [0.15, 0.2) is 0 Å². The van der Waals surface area contributed by atoms with Crippen molar-refractivity contribution in [1.82, 2.24) is 14.7 Å². The summed E-state index contributed by atoms with van der Waals surface area (Å²) in [5, 5.41) is 2.85. The summed E-state index contributed by atoms with van der Waals surface area (Å²) in [7, 11) is 1.82. The van der Waals surface area contributed by atoms with E-state index in [2.05, 4.69) is 10.1 Å². The van der Waals surface area contributed by atoms with Crippen molar-refractivity contribution in [3.63, 3.8) is 0 Å². The molecule has 7 nitrogen and oxygen atoms in total. The van der Waals surface area contributed by atoms with Crippen LogP contribution in [0.2, 0.25) is 0 Å². The minimum Gasteiger partial charge on any atom is -0.435 e. The Hall–Kier alpha value is -3.20. The van der Waals surface area contributed by atoms with Crippen LogP contribution >= 0.6 is 0 Å². The highest BCUT2D eigenvalue weighted by Crippen LogP contribution is 2.16. The van der Waals surface area contributed by atoms with Gasteiger partial charge in [-0.25, -0.2) is 4.79 Å². The van der Waals surface area contributed by atoms with Crippen molar-refractivity contribution in [2.75, 3.05) is 45.1 Å². The number of anilines is 1. The first-order valence-electron chi connectivity index (χ1n) is 10.0. The first-order valence-corrected chi connectivity index (χ1v) is 10.0. The molecule has 3 amide bonds. The molecule has 0 aliphatic carbocycles. The second-order valence-corrected chi connectivity index (χ2v) is 7.36. The molecule has 0 bridgehead atoms. The number of hydrogen-bond donors (Lipinski definition) is 1. The van der Waals surface area contributed by atoms with Gasteiger partial charge in [-0.3, -0.25) is 9.69 Å². The van der Waals surface area contributed by atoms with E-state index in [9.17, 15) is 18.4 Å². The van der Waals surface area contributed by atoms with Gasteiger partial charge in [0.1, 0.15) is 5.75 Å². The molecule has 166 valence electrons. The van der Waals surface area contributed by atoms with Crippen LogP contribution in [0.3, 0.4) is 0 Å². The van der Waals surface area contributed by atoms with E-state index in [1.807, 2.05) is 42.3 Å². The molecular formula is C22H26F2N4O3. The minimum atomic E-state index is -2.85.